The highest BCUT2D eigenvalue weighted by molar-refractivity contribution is 5.91. The van der Waals surface area contributed by atoms with E-state index < -0.39 is 0 Å². The van der Waals surface area contributed by atoms with E-state index in [0.717, 1.165) is 37.9 Å². The average Bonchev–Trinajstić information content (AvgIpc) is 3.14. The molecule has 1 heterocycles. The Hall–Kier alpha value is -2.87. The molecule has 0 atom stereocenters. The summed E-state index contributed by atoms with van der Waals surface area (Å²) in [5.74, 6) is 0.972. The molecule has 0 N–H and O–H groups in total. The van der Waals surface area contributed by atoms with Gasteiger partial charge in [0.2, 0.25) is 0 Å². The number of fused-ring (bicyclic) bond motifs is 9. The molecule has 6 rings (SSSR count). The Balaban J connectivity index is 1.78. The molecule has 0 saturated carbocycles. The molecule has 2 aromatic rings. The molecule has 2 aromatic carbocycles. The van der Waals surface area contributed by atoms with E-state index in [4.69, 9.17) is 9.73 Å². The normalized spacial score (nSPS) is 18.1. The van der Waals surface area contributed by atoms with Crippen molar-refractivity contribution in [2.75, 3.05) is 7.11 Å². The minimum atomic E-state index is 0.934. The Labute approximate surface area is 165 Å². The molecular weight excluding hydrogens is 342 g/mol. The molecule has 0 aromatic heterocycles. The highest BCUT2D eigenvalue weighted by Crippen LogP contribution is 2.43. The van der Waals surface area contributed by atoms with E-state index in [2.05, 4.69) is 49.4 Å². The summed E-state index contributed by atoms with van der Waals surface area (Å²) < 4.78 is 5.80. The minimum absolute atomic E-state index is 0.934. The summed E-state index contributed by atoms with van der Waals surface area (Å²) in [6.45, 7) is 2.21. The van der Waals surface area contributed by atoms with Crippen LogP contribution in [-0.2, 0) is 12.8 Å². The summed E-state index contributed by atoms with van der Waals surface area (Å²) in [5, 5.41) is 2.51. The lowest BCUT2D eigenvalue weighted by atomic mass is 9.78. The lowest BCUT2D eigenvalue weighted by Gasteiger charge is -2.25. The number of hydrogen-bond donors (Lipinski definition) is 0. The molecule has 28 heavy (non-hydrogen) atoms. The third-order valence-corrected chi connectivity index (χ3v) is 6.64. The molecule has 0 fully saturated rings. The molecule has 0 spiro atoms. The van der Waals surface area contributed by atoms with Crippen LogP contribution < -0.4 is 15.3 Å². The van der Waals surface area contributed by atoms with Crippen LogP contribution in [0.25, 0.3) is 28.9 Å². The van der Waals surface area contributed by atoms with E-state index in [9.17, 15) is 0 Å². The number of benzene rings is 2. The summed E-state index contributed by atoms with van der Waals surface area (Å²) in [5.41, 5.74) is 12.3. The van der Waals surface area contributed by atoms with Gasteiger partial charge in [-0.25, -0.2) is 4.99 Å². The van der Waals surface area contributed by atoms with Gasteiger partial charge in [-0.3, -0.25) is 0 Å². The van der Waals surface area contributed by atoms with Crippen molar-refractivity contribution in [2.45, 2.75) is 39.0 Å². The van der Waals surface area contributed by atoms with Crippen LogP contribution in [0, 0.1) is 0 Å². The summed E-state index contributed by atoms with van der Waals surface area (Å²) in [7, 11) is 1.78. The van der Waals surface area contributed by atoms with Crippen molar-refractivity contribution in [3.8, 4) is 16.9 Å². The summed E-state index contributed by atoms with van der Waals surface area (Å²) in [6, 6.07) is 6.43. The van der Waals surface area contributed by atoms with Gasteiger partial charge in [-0.2, -0.15) is 0 Å². The zero-order chi connectivity index (χ0) is 18.8. The van der Waals surface area contributed by atoms with Gasteiger partial charge in [0.05, 0.1) is 18.2 Å². The number of ether oxygens (including phenoxy) is 1. The quantitative estimate of drug-likeness (QED) is 0.715. The summed E-state index contributed by atoms with van der Waals surface area (Å²) >= 11 is 0. The third-order valence-electron chi connectivity index (χ3n) is 6.64. The largest absolute Gasteiger partial charge is 0.496 e. The molecule has 0 saturated heterocycles. The first-order valence-electron chi connectivity index (χ1n) is 10.3. The fourth-order valence-electron chi connectivity index (χ4n) is 5.42. The van der Waals surface area contributed by atoms with Crippen LogP contribution in [0.3, 0.4) is 0 Å². The first kappa shape index (κ1) is 16.1. The second-order valence-electron chi connectivity index (χ2n) is 8.11. The Bertz CT molecular complexity index is 1270. The van der Waals surface area contributed by atoms with E-state index in [1.54, 1.807) is 7.11 Å². The van der Waals surface area contributed by atoms with Crippen LogP contribution in [-0.4, -0.2) is 7.11 Å². The van der Waals surface area contributed by atoms with Gasteiger partial charge in [-0.1, -0.05) is 36.4 Å². The minimum Gasteiger partial charge on any atom is -0.496 e. The maximum absolute atomic E-state index is 5.80. The van der Waals surface area contributed by atoms with Crippen LogP contribution in [0.4, 0.5) is 0 Å². The molecule has 0 unspecified atom stereocenters. The van der Waals surface area contributed by atoms with E-state index in [-0.39, 0.29) is 0 Å². The summed E-state index contributed by atoms with van der Waals surface area (Å²) in [6.07, 6.45) is 14.8. The van der Waals surface area contributed by atoms with Crippen molar-refractivity contribution in [3.05, 3.63) is 74.5 Å². The number of methoxy groups -OCH3 is 1. The predicted octanol–water partition coefficient (Wildman–Crippen LogP) is 4.74. The highest BCUT2D eigenvalue weighted by Gasteiger charge is 2.30. The molecule has 0 radical (unpaired) electrons. The predicted molar refractivity (Wildman–Crippen MR) is 115 cm³/mol. The fourth-order valence-corrected chi connectivity index (χ4v) is 5.42. The van der Waals surface area contributed by atoms with Gasteiger partial charge in [-0.05, 0) is 72.9 Å². The lowest BCUT2D eigenvalue weighted by molar-refractivity contribution is 0.416. The van der Waals surface area contributed by atoms with Crippen molar-refractivity contribution in [1.82, 2.24) is 0 Å². The molecule has 0 amide bonds. The van der Waals surface area contributed by atoms with Crippen molar-refractivity contribution in [3.63, 3.8) is 0 Å². The number of allylic oxidation sites excluding steroid dienone is 4. The fraction of sp³-hybridized carbons (Fsp3) is 0.269. The molecule has 2 heteroatoms. The van der Waals surface area contributed by atoms with E-state index in [1.165, 1.54) is 60.8 Å². The Morgan fingerprint density at radius 2 is 1.93 bits per heavy atom. The van der Waals surface area contributed by atoms with Crippen LogP contribution in [0.2, 0.25) is 0 Å². The average molecular weight is 365 g/mol. The topological polar surface area (TPSA) is 21.6 Å². The molecule has 138 valence electrons. The van der Waals surface area contributed by atoms with Crippen molar-refractivity contribution in [1.29, 1.82) is 0 Å². The van der Waals surface area contributed by atoms with Gasteiger partial charge in [0.25, 0.3) is 0 Å². The summed E-state index contributed by atoms with van der Waals surface area (Å²) in [4.78, 5) is 5.22. The van der Waals surface area contributed by atoms with Crippen LogP contribution in [0.1, 0.15) is 48.4 Å². The maximum atomic E-state index is 5.80. The van der Waals surface area contributed by atoms with Crippen LogP contribution in [0.15, 0.2) is 46.6 Å². The zero-order valence-corrected chi connectivity index (χ0v) is 16.4. The third kappa shape index (κ3) is 2.01. The smallest absolute Gasteiger partial charge is 0.127 e. The molecule has 4 aliphatic rings. The van der Waals surface area contributed by atoms with Gasteiger partial charge in [0, 0.05) is 21.9 Å². The van der Waals surface area contributed by atoms with Crippen LogP contribution in [0.5, 0.6) is 5.75 Å². The van der Waals surface area contributed by atoms with Gasteiger partial charge in [-0.15, -0.1) is 0 Å². The molecule has 1 aliphatic heterocycles. The number of hydrogen-bond acceptors (Lipinski definition) is 2. The van der Waals surface area contributed by atoms with Gasteiger partial charge in [0.1, 0.15) is 5.75 Å². The second kappa shape index (κ2) is 5.81. The molecule has 2 nitrogen and oxygen atoms in total. The maximum Gasteiger partial charge on any atom is 0.127 e. The first-order valence-corrected chi connectivity index (χ1v) is 10.3. The van der Waals surface area contributed by atoms with Crippen LogP contribution >= 0.6 is 0 Å². The number of nitrogens with zero attached hydrogens (tertiary/aromatic N) is 1. The van der Waals surface area contributed by atoms with Crippen molar-refractivity contribution < 1.29 is 4.74 Å². The van der Waals surface area contributed by atoms with Crippen molar-refractivity contribution in [2.24, 2.45) is 4.99 Å². The zero-order valence-electron chi connectivity index (χ0n) is 16.4. The molecule has 0 bridgehead atoms. The Morgan fingerprint density at radius 3 is 2.82 bits per heavy atom. The van der Waals surface area contributed by atoms with E-state index >= 15 is 0 Å². The van der Waals surface area contributed by atoms with Gasteiger partial charge in [0.15, 0.2) is 0 Å². The Kier molecular flexibility index (Phi) is 3.35. The molecular formula is C26H23NO. The van der Waals surface area contributed by atoms with Crippen molar-refractivity contribution >= 4 is 17.7 Å². The monoisotopic (exact) mass is 365 g/mol. The highest BCUT2D eigenvalue weighted by atomic mass is 16.5. The Morgan fingerprint density at radius 1 is 1.00 bits per heavy atom. The van der Waals surface area contributed by atoms with Gasteiger partial charge >= 0.3 is 0 Å². The first-order chi connectivity index (χ1) is 13.8. The van der Waals surface area contributed by atoms with E-state index in [0.29, 0.717) is 0 Å². The van der Waals surface area contributed by atoms with Gasteiger partial charge < -0.3 is 4.74 Å². The lowest BCUT2D eigenvalue weighted by Crippen LogP contribution is -2.34. The molecule has 3 aliphatic carbocycles. The standard InChI is InChI=1S/C26H23NO/c1-15-7-5-11-19-24-18-10-4-3-9-17(18)23-20(26(24)27-25(15)19)14-13-16-8-6-12-21(28-2)22(16)23/h3,6-9,12,14H,4-5,10-11,13H2,1-2H3. The SMILES string of the molecule is COc1cccc2c1-c1c3c(c4c(c1=CC2)=NC1=C4CCC=C1C)CCC=C3. The number of rotatable bonds is 1. The van der Waals surface area contributed by atoms with E-state index in [1.807, 2.05) is 0 Å². The second-order valence-corrected chi connectivity index (χ2v) is 8.11.